The van der Waals surface area contributed by atoms with Crippen molar-refractivity contribution in [1.82, 2.24) is 5.32 Å². The maximum Gasteiger partial charge on any atom is 0.251 e. The van der Waals surface area contributed by atoms with Crippen molar-refractivity contribution < 1.29 is 32.9 Å². The van der Waals surface area contributed by atoms with Gasteiger partial charge in [0.05, 0.1) is 25.9 Å². The Kier molecular flexibility index (Phi) is 8.86. The maximum atomic E-state index is 13.7. The Balaban J connectivity index is 2.11. The summed E-state index contributed by atoms with van der Waals surface area (Å²) in [6.07, 6.45) is -1.11. The highest BCUT2D eigenvalue weighted by molar-refractivity contribution is 5.95. The number of ether oxygens (including phenoxy) is 3. The SMILES string of the molecule is CCOc1cc(C(=O)NCC(O)Cc2ccc(F)cc2F)cc(OCC)c1OCC. The Labute approximate surface area is 174 Å². The van der Waals surface area contributed by atoms with Crippen LogP contribution in [0.25, 0.3) is 0 Å². The lowest BCUT2D eigenvalue weighted by atomic mass is 10.1. The van der Waals surface area contributed by atoms with Gasteiger partial charge in [0.15, 0.2) is 11.5 Å². The molecule has 0 bridgehead atoms. The van der Waals surface area contributed by atoms with Crippen LogP contribution in [0.2, 0.25) is 0 Å². The van der Waals surface area contributed by atoms with E-state index in [9.17, 15) is 18.7 Å². The number of aliphatic hydroxyl groups is 1. The third-order valence-electron chi connectivity index (χ3n) is 4.14. The van der Waals surface area contributed by atoms with Crippen LogP contribution in [0.4, 0.5) is 8.78 Å². The van der Waals surface area contributed by atoms with Crippen LogP contribution < -0.4 is 19.5 Å². The monoisotopic (exact) mass is 423 g/mol. The summed E-state index contributed by atoms with van der Waals surface area (Å²) >= 11 is 0. The fourth-order valence-corrected chi connectivity index (χ4v) is 2.85. The van der Waals surface area contributed by atoms with E-state index in [0.29, 0.717) is 37.1 Å². The van der Waals surface area contributed by atoms with E-state index in [-0.39, 0.29) is 24.1 Å². The molecule has 1 amide bonds. The van der Waals surface area contributed by atoms with Gasteiger partial charge in [0.1, 0.15) is 11.6 Å². The number of carbonyl (C=O) groups excluding carboxylic acids is 1. The number of benzene rings is 2. The molecule has 30 heavy (non-hydrogen) atoms. The fourth-order valence-electron chi connectivity index (χ4n) is 2.85. The molecule has 0 aliphatic carbocycles. The molecule has 2 aromatic rings. The number of aliphatic hydroxyl groups excluding tert-OH is 1. The molecule has 0 aliphatic heterocycles. The van der Waals surface area contributed by atoms with Gasteiger partial charge in [-0.2, -0.15) is 0 Å². The molecular weight excluding hydrogens is 396 g/mol. The molecular formula is C22H27F2NO5. The summed E-state index contributed by atoms with van der Waals surface area (Å²) in [5.41, 5.74) is 0.432. The van der Waals surface area contributed by atoms with Crippen LogP contribution in [0.3, 0.4) is 0 Å². The topological polar surface area (TPSA) is 77.0 Å². The zero-order valence-electron chi connectivity index (χ0n) is 17.3. The number of rotatable bonds is 11. The Morgan fingerprint density at radius 3 is 2.13 bits per heavy atom. The van der Waals surface area contributed by atoms with E-state index in [4.69, 9.17) is 14.2 Å². The molecule has 0 aliphatic rings. The standard InChI is InChI=1S/C22H27F2NO5/c1-4-28-19-10-15(11-20(29-5-2)21(19)30-6-3)22(27)25-13-17(26)9-14-7-8-16(23)12-18(14)24/h7-8,10-12,17,26H,4-6,9,13H2,1-3H3,(H,25,27). The van der Waals surface area contributed by atoms with Crippen molar-refractivity contribution >= 4 is 5.91 Å². The van der Waals surface area contributed by atoms with Gasteiger partial charge in [0, 0.05) is 24.6 Å². The molecule has 0 saturated carbocycles. The van der Waals surface area contributed by atoms with Gasteiger partial charge in [-0.15, -0.1) is 0 Å². The molecule has 6 nitrogen and oxygen atoms in total. The first-order valence-corrected chi connectivity index (χ1v) is 9.86. The number of carbonyl (C=O) groups is 1. The van der Waals surface area contributed by atoms with Crippen LogP contribution in [0.15, 0.2) is 30.3 Å². The number of amides is 1. The predicted octanol–water partition coefficient (Wildman–Crippen LogP) is 3.49. The van der Waals surface area contributed by atoms with Crippen molar-refractivity contribution in [3.05, 3.63) is 53.1 Å². The van der Waals surface area contributed by atoms with E-state index in [1.807, 2.05) is 20.8 Å². The molecule has 0 fully saturated rings. The molecule has 0 saturated heterocycles. The Morgan fingerprint density at radius 1 is 1.00 bits per heavy atom. The summed E-state index contributed by atoms with van der Waals surface area (Å²) in [5.74, 6) is -0.712. The van der Waals surface area contributed by atoms with E-state index in [0.717, 1.165) is 12.1 Å². The molecule has 8 heteroatoms. The number of halogens is 2. The molecule has 0 spiro atoms. The van der Waals surface area contributed by atoms with E-state index in [1.54, 1.807) is 12.1 Å². The highest BCUT2D eigenvalue weighted by atomic mass is 19.1. The van der Waals surface area contributed by atoms with Crippen molar-refractivity contribution in [2.24, 2.45) is 0 Å². The molecule has 0 radical (unpaired) electrons. The van der Waals surface area contributed by atoms with Crippen LogP contribution in [-0.4, -0.2) is 43.5 Å². The summed E-state index contributed by atoms with van der Waals surface area (Å²) in [7, 11) is 0. The van der Waals surface area contributed by atoms with E-state index in [1.165, 1.54) is 6.07 Å². The first kappa shape index (κ1) is 23.4. The molecule has 1 atom stereocenters. The lowest BCUT2D eigenvalue weighted by Gasteiger charge is -2.17. The summed E-state index contributed by atoms with van der Waals surface area (Å²) in [6.45, 7) is 6.49. The van der Waals surface area contributed by atoms with Crippen molar-refractivity contribution in [2.75, 3.05) is 26.4 Å². The lowest BCUT2D eigenvalue weighted by molar-refractivity contribution is 0.0914. The fraction of sp³-hybridized carbons (Fsp3) is 0.409. The highest BCUT2D eigenvalue weighted by Crippen LogP contribution is 2.39. The van der Waals surface area contributed by atoms with Crippen LogP contribution >= 0.6 is 0 Å². The Hall–Kier alpha value is -2.87. The largest absolute Gasteiger partial charge is 0.490 e. The average molecular weight is 423 g/mol. The van der Waals surface area contributed by atoms with E-state index < -0.39 is 23.6 Å². The molecule has 0 heterocycles. The zero-order chi connectivity index (χ0) is 22.1. The third kappa shape index (κ3) is 6.32. The Morgan fingerprint density at radius 2 is 1.60 bits per heavy atom. The first-order chi connectivity index (χ1) is 14.4. The highest BCUT2D eigenvalue weighted by Gasteiger charge is 2.19. The quantitative estimate of drug-likeness (QED) is 0.579. The van der Waals surface area contributed by atoms with E-state index in [2.05, 4.69) is 5.32 Å². The molecule has 164 valence electrons. The second-order valence-electron chi connectivity index (χ2n) is 6.40. The summed E-state index contributed by atoms with van der Waals surface area (Å²) in [6, 6.07) is 6.22. The minimum absolute atomic E-state index is 0.0654. The molecule has 2 N–H and O–H groups in total. The van der Waals surface area contributed by atoms with Crippen molar-refractivity contribution in [3.8, 4) is 17.2 Å². The van der Waals surface area contributed by atoms with Gasteiger partial charge in [0.2, 0.25) is 5.75 Å². The lowest BCUT2D eigenvalue weighted by Crippen LogP contribution is -2.33. The zero-order valence-corrected chi connectivity index (χ0v) is 17.3. The van der Waals surface area contributed by atoms with Crippen LogP contribution in [0.5, 0.6) is 17.2 Å². The van der Waals surface area contributed by atoms with Crippen molar-refractivity contribution in [2.45, 2.75) is 33.3 Å². The number of hydrogen-bond acceptors (Lipinski definition) is 5. The van der Waals surface area contributed by atoms with Gasteiger partial charge >= 0.3 is 0 Å². The summed E-state index contributed by atoms with van der Waals surface area (Å²) < 4.78 is 43.5. The van der Waals surface area contributed by atoms with E-state index >= 15 is 0 Å². The van der Waals surface area contributed by atoms with Crippen LogP contribution in [-0.2, 0) is 6.42 Å². The normalized spacial score (nSPS) is 11.7. The van der Waals surface area contributed by atoms with Gasteiger partial charge in [-0.25, -0.2) is 8.78 Å². The summed E-state index contributed by atoms with van der Waals surface area (Å²) in [4.78, 5) is 12.6. The smallest absolute Gasteiger partial charge is 0.251 e. The molecule has 2 rings (SSSR count). The third-order valence-corrected chi connectivity index (χ3v) is 4.14. The van der Waals surface area contributed by atoms with Crippen molar-refractivity contribution in [3.63, 3.8) is 0 Å². The van der Waals surface area contributed by atoms with Gasteiger partial charge in [-0.1, -0.05) is 6.07 Å². The second kappa shape index (κ2) is 11.3. The minimum Gasteiger partial charge on any atom is -0.490 e. The van der Waals surface area contributed by atoms with Gasteiger partial charge in [-0.3, -0.25) is 4.79 Å². The first-order valence-electron chi connectivity index (χ1n) is 9.86. The second-order valence-corrected chi connectivity index (χ2v) is 6.40. The number of nitrogens with one attached hydrogen (secondary N) is 1. The van der Waals surface area contributed by atoms with Crippen LogP contribution in [0.1, 0.15) is 36.7 Å². The average Bonchev–Trinajstić information content (AvgIpc) is 2.71. The Bertz CT molecular complexity index is 832. The summed E-state index contributed by atoms with van der Waals surface area (Å²) in [5, 5.41) is 12.7. The maximum absolute atomic E-state index is 13.7. The van der Waals surface area contributed by atoms with Gasteiger partial charge < -0.3 is 24.6 Å². The number of hydrogen-bond donors (Lipinski definition) is 2. The predicted molar refractivity (Wildman–Crippen MR) is 108 cm³/mol. The van der Waals surface area contributed by atoms with Gasteiger partial charge in [0.25, 0.3) is 5.91 Å². The molecule has 2 aromatic carbocycles. The molecule has 0 aromatic heterocycles. The minimum atomic E-state index is -1.05. The van der Waals surface area contributed by atoms with Crippen LogP contribution in [0, 0.1) is 11.6 Å². The van der Waals surface area contributed by atoms with Crippen molar-refractivity contribution in [1.29, 1.82) is 0 Å². The molecule has 1 unspecified atom stereocenters. The van der Waals surface area contributed by atoms with Gasteiger partial charge in [-0.05, 0) is 44.5 Å².